The van der Waals surface area contributed by atoms with Gasteiger partial charge in [-0.25, -0.2) is 5.43 Å². The van der Waals surface area contributed by atoms with E-state index in [0.717, 1.165) is 31.5 Å². The van der Waals surface area contributed by atoms with Crippen molar-refractivity contribution >= 4 is 17.8 Å². The van der Waals surface area contributed by atoms with Gasteiger partial charge in [0.1, 0.15) is 0 Å². The molecule has 0 fully saturated rings. The lowest BCUT2D eigenvalue weighted by Crippen LogP contribution is -2.24. The first kappa shape index (κ1) is 17.7. The molecule has 1 aromatic carbocycles. The zero-order valence-corrected chi connectivity index (χ0v) is 14.3. The number of rotatable bonds is 8. The van der Waals surface area contributed by atoms with Gasteiger partial charge in [-0.15, -0.1) is 0 Å². The molecule has 24 heavy (non-hydrogen) atoms. The van der Waals surface area contributed by atoms with E-state index in [4.69, 9.17) is 0 Å². The first-order chi connectivity index (χ1) is 11.7. The van der Waals surface area contributed by atoms with E-state index in [0.29, 0.717) is 5.56 Å². The molecule has 1 N–H and O–H groups in total. The van der Waals surface area contributed by atoms with Crippen LogP contribution in [0.3, 0.4) is 0 Å². The molecular weight excluding hydrogens is 300 g/mol. The minimum atomic E-state index is -0.270. The molecular formula is C19H24N4O. The maximum atomic E-state index is 11.9. The molecule has 5 nitrogen and oxygen atoms in total. The predicted octanol–water partition coefficient (Wildman–Crippen LogP) is 3.47. The Morgan fingerprint density at radius 2 is 1.88 bits per heavy atom. The largest absolute Gasteiger partial charge is 0.372 e. The van der Waals surface area contributed by atoms with Gasteiger partial charge in [0.05, 0.1) is 11.8 Å². The highest BCUT2D eigenvalue weighted by Crippen LogP contribution is 2.15. The maximum absolute atomic E-state index is 11.9. The highest BCUT2D eigenvalue weighted by Gasteiger charge is 2.04. The first-order valence-electron chi connectivity index (χ1n) is 8.33. The number of anilines is 1. The lowest BCUT2D eigenvalue weighted by Gasteiger charge is -2.23. The van der Waals surface area contributed by atoms with Gasteiger partial charge in [-0.2, -0.15) is 5.10 Å². The van der Waals surface area contributed by atoms with E-state index in [1.54, 1.807) is 24.5 Å². The molecule has 0 atom stereocenters. The van der Waals surface area contributed by atoms with Crippen LogP contribution in [0.5, 0.6) is 0 Å². The lowest BCUT2D eigenvalue weighted by molar-refractivity contribution is 0.0955. The maximum Gasteiger partial charge on any atom is 0.272 e. The van der Waals surface area contributed by atoms with Gasteiger partial charge in [-0.1, -0.05) is 26.0 Å². The Morgan fingerprint density at radius 3 is 2.46 bits per heavy atom. The first-order valence-corrected chi connectivity index (χ1v) is 8.33. The fourth-order valence-electron chi connectivity index (χ4n) is 2.41. The van der Waals surface area contributed by atoms with Crippen LogP contribution in [-0.4, -0.2) is 30.2 Å². The summed E-state index contributed by atoms with van der Waals surface area (Å²) in [6, 6.07) is 11.6. The van der Waals surface area contributed by atoms with Gasteiger partial charge in [0, 0.05) is 31.2 Å². The van der Waals surface area contributed by atoms with Gasteiger partial charge in [0.2, 0.25) is 0 Å². The molecule has 0 saturated heterocycles. The van der Waals surface area contributed by atoms with Gasteiger partial charge >= 0.3 is 0 Å². The highest BCUT2D eigenvalue weighted by atomic mass is 16.2. The number of nitrogens with one attached hydrogen (secondary N) is 1. The summed E-state index contributed by atoms with van der Waals surface area (Å²) in [5, 5.41) is 4.00. The van der Waals surface area contributed by atoms with Crippen molar-refractivity contribution in [3.05, 3.63) is 59.9 Å². The molecule has 1 amide bonds. The third kappa shape index (κ3) is 5.19. The molecule has 5 heteroatoms. The van der Waals surface area contributed by atoms with Crippen molar-refractivity contribution in [3.63, 3.8) is 0 Å². The van der Waals surface area contributed by atoms with Crippen LogP contribution in [0.1, 0.15) is 42.6 Å². The molecule has 0 aliphatic heterocycles. The average Bonchev–Trinajstić information content (AvgIpc) is 2.63. The van der Waals surface area contributed by atoms with E-state index in [1.807, 2.05) is 12.1 Å². The van der Waals surface area contributed by atoms with Crippen LogP contribution >= 0.6 is 0 Å². The Morgan fingerprint density at radius 1 is 1.17 bits per heavy atom. The average molecular weight is 324 g/mol. The van der Waals surface area contributed by atoms with Crippen LogP contribution in [0, 0.1) is 0 Å². The Kier molecular flexibility index (Phi) is 6.95. The number of carbonyl (C=O) groups is 1. The van der Waals surface area contributed by atoms with Gasteiger partial charge in [0.15, 0.2) is 0 Å². The zero-order chi connectivity index (χ0) is 17.2. The van der Waals surface area contributed by atoms with Crippen molar-refractivity contribution in [2.75, 3.05) is 18.0 Å². The summed E-state index contributed by atoms with van der Waals surface area (Å²) in [7, 11) is 0. The highest BCUT2D eigenvalue weighted by molar-refractivity contribution is 5.94. The fourth-order valence-corrected chi connectivity index (χ4v) is 2.41. The number of amides is 1. The molecule has 2 rings (SSSR count). The second-order valence-corrected chi connectivity index (χ2v) is 5.52. The Labute approximate surface area is 143 Å². The molecule has 1 aromatic heterocycles. The molecule has 0 saturated carbocycles. The third-order valence-electron chi connectivity index (χ3n) is 3.55. The number of carbonyl (C=O) groups excluding carboxylic acids is 1. The molecule has 1 heterocycles. The van der Waals surface area contributed by atoms with Crippen molar-refractivity contribution in [2.24, 2.45) is 5.10 Å². The van der Waals surface area contributed by atoms with E-state index < -0.39 is 0 Å². The monoisotopic (exact) mass is 324 g/mol. The minimum absolute atomic E-state index is 0.270. The molecule has 0 spiro atoms. The minimum Gasteiger partial charge on any atom is -0.372 e. The number of hydrazone groups is 1. The van der Waals surface area contributed by atoms with E-state index >= 15 is 0 Å². The predicted molar refractivity (Wildman–Crippen MR) is 98.5 cm³/mol. The summed E-state index contributed by atoms with van der Waals surface area (Å²) in [6.45, 7) is 6.49. The topological polar surface area (TPSA) is 57.6 Å². The van der Waals surface area contributed by atoms with Crippen molar-refractivity contribution in [1.29, 1.82) is 0 Å². The van der Waals surface area contributed by atoms with Crippen LogP contribution in [-0.2, 0) is 0 Å². The number of pyridine rings is 1. The van der Waals surface area contributed by atoms with Crippen molar-refractivity contribution in [3.8, 4) is 0 Å². The molecule has 0 radical (unpaired) electrons. The SMILES string of the molecule is CCCN(CCC)c1ccc(/C=N/NC(=O)c2cccnc2)cc1. The van der Waals surface area contributed by atoms with Crippen LogP contribution in [0.4, 0.5) is 5.69 Å². The zero-order valence-electron chi connectivity index (χ0n) is 14.3. The van der Waals surface area contributed by atoms with Gasteiger partial charge in [0.25, 0.3) is 5.91 Å². The smallest absolute Gasteiger partial charge is 0.272 e. The molecule has 2 aromatic rings. The normalized spacial score (nSPS) is 10.8. The number of hydrogen-bond donors (Lipinski definition) is 1. The molecule has 0 aliphatic rings. The second-order valence-electron chi connectivity index (χ2n) is 5.52. The summed E-state index contributed by atoms with van der Waals surface area (Å²) < 4.78 is 0. The molecule has 0 bridgehead atoms. The van der Waals surface area contributed by atoms with Gasteiger partial charge < -0.3 is 4.90 Å². The number of benzene rings is 1. The van der Waals surface area contributed by atoms with Crippen LogP contribution in [0.2, 0.25) is 0 Å². The van der Waals surface area contributed by atoms with Crippen molar-refractivity contribution < 1.29 is 4.79 Å². The summed E-state index contributed by atoms with van der Waals surface area (Å²) in [6.07, 6.45) is 7.03. The van der Waals surface area contributed by atoms with Gasteiger partial charge in [-0.3, -0.25) is 9.78 Å². The quantitative estimate of drug-likeness (QED) is 0.597. The van der Waals surface area contributed by atoms with Crippen LogP contribution in [0.25, 0.3) is 0 Å². The van der Waals surface area contributed by atoms with E-state index in [2.05, 4.69) is 46.4 Å². The fraction of sp³-hybridized carbons (Fsp3) is 0.316. The third-order valence-corrected chi connectivity index (χ3v) is 3.55. The number of aromatic nitrogens is 1. The van der Waals surface area contributed by atoms with E-state index in [9.17, 15) is 4.79 Å². The number of hydrogen-bond acceptors (Lipinski definition) is 4. The second kappa shape index (κ2) is 9.45. The summed E-state index contributed by atoms with van der Waals surface area (Å²) >= 11 is 0. The lowest BCUT2D eigenvalue weighted by atomic mass is 10.2. The van der Waals surface area contributed by atoms with E-state index in [-0.39, 0.29) is 5.91 Å². The Hall–Kier alpha value is -2.69. The van der Waals surface area contributed by atoms with E-state index in [1.165, 1.54) is 11.9 Å². The van der Waals surface area contributed by atoms with Gasteiger partial charge in [-0.05, 0) is 42.7 Å². The standard InChI is InChI=1S/C19H24N4O/c1-3-12-23(13-4-2)18-9-7-16(8-10-18)14-21-22-19(24)17-6-5-11-20-15-17/h5-11,14-15H,3-4,12-13H2,1-2H3,(H,22,24)/b21-14+. The van der Waals surface area contributed by atoms with Crippen molar-refractivity contribution in [2.45, 2.75) is 26.7 Å². The number of nitrogens with zero attached hydrogens (tertiary/aromatic N) is 3. The summed E-state index contributed by atoms with van der Waals surface area (Å²) in [4.78, 5) is 18.1. The molecule has 0 aliphatic carbocycles. The van der Waals surface area contributed by atoms with Crippen LogP contribution in [0.15, 0.2) is 53.9 Å². The van der Waals surface area contributed by atoms with Crippen LogP contribution < -0.4 is 10.3 Å². The Bertz CT molecular complexity index is 647. The van der Waals surface area contributed by atoms with Crippen molar-refractivity contribution in [1.82, 2.24) is 10.4 Å². The Balaban J connectivity index is 1.94. The summed E-state index contributed by atoms with van der Waals surface area (Å²) in [5.41, 5.74) is 5.15. The molecule has 0 unspecified atom stereocenters. The molecule has 126 valence electrons. The summed E-state index contributed by atoms with van der Waals surface area (Å²) in [5.74, 6) is -0.270.